The van der Waals surface area contributed by atoms with Gasteiger partial charge in [0.2, 0.25) is 11.8 Å². The molecule has 0 saturated carbocycles. The van der Waals surface area contributed by atoms with Crippen LogP contribution < -0.4 is 25.2 Å². The molecule has 6 atom stereocenters. The number of aryl methyl sites for hydroxylation is 1. The summed E-state index contributed by atoms with van der Waals surface area (Å²) in [7, 11) is 0. The second-order valence-electron chi connectivity index (χ2n) is 25.0. The van der Waals surface area contributed by atoms with Crippen LogP contribution in [-0.4, -0.2) is 152 Å². The van der Waals surface area contributed by atoms with E-state index < -0.39 is 12.0 Å². The van der Waals surface area contributed by atoms with E-state index in [1.165, 1.54) is 18.4 Å². The molecule has 1 aliphatic carbocycles. The number of hydrogen-bond donors (Lipinski definition) is 3. The number of aromatic nitrogens is 5. The van der Waals surface area contributed by atoms with E-state index in [1.54, 1.807) is 16.2 Å². The lowest BCUT2D eigenvalue weighted by Gasteiger charge is -2.50. The molecule has 430 valence electrons. The smallest absolute Gasteiger partial charge is 0.319 e. The maximum atomic E-state index is 14.5. The van der Waals surface area contributed by atoms with Gasteiger partial charge in [-0.2, -0.15) is 9.97 Å². The molecule has 82 heavy (non-hydrogen) atoms. The summed E-state index contributed by atoms with van der Waals surface area (Å²) in [4.78, 5) is 61.1. The summed E-state index contributed by atoms with van der Waals surface area (Å²) in [6, 6.07) is 20.8. The second-order valence-corrected chi connectivity index (χ2v) is 25.9. The van der Waals surface area contributed by atoms with Crippen molar-refractivity contribution in [2.24, 2.45) is 11.8 Å². The Hall–Kier alpha value is -6.73. The average molecular weight is 1130 g/mol. The largest absolute Gasteiger partial charge is 0.508 e. The highest BCUT2D eigenvalue weighted by atomic mass is 32.1. The fourth-order valence-corrected chi connectivity index (χ4v) is 15.5. The van der Waals surface area contributed by atoms with E-state index in [-0.39, 0.29) is 41.0 Å². The monoisotopic (exact) mass is 1130 g/mol. The molecule has 5 saturated heterocycles. The number of anilines is 2. The lowest BCUT2D eigenvalue weighted by atomic mass is 9.78. The zero-order chi connectivity index (χ0) is 56.6. The first-order valence-corrected chi connectivity index (χ1v) is 31.0. The van der Waals surface area contributed by atoms with Crippen molar-refractivity contribution in [2.45, 2.75) is 129 Å². The molecule has 9 heterocycles. The molecule has 13 rings (SSSR count). The third kappa shape index (κ3) is 10.1. The Kier molecular flexibility index (Phi) is 14.7. The number of benzene rings is 3. The first-order chi connectivity index (χ1) is 39.7. The van der Waals surface area contributed by atoms with E-state index >= 15 is 0 Å². The van der Waals surface area contributed by atoms with Crippen LogP contribution in [0.5, 0.6) is 11.8 Å². The highest BCUT2D eigenvalue weighted by molar-refractivity contribution is 7.13. The van der Waals surface area contributed by atoms with Gasteiger partial charge in [0.1, 0.15) is 30.1 Å². The summed E-state index contributed by atoms with van der Waals surface area (Å²) in [6.07, 6.45) is 7.89. The Bertz CT molecular complexity index is 3500. The quantitative estimate of drug-likeness (QED) is 0.0882. The van der Waals surface area contributed by atoms with Gasteiger partial charge in [-0.15, -0.1) is 11.3 Å². The number of rotatable bonds is 15. The van der Waals surface area contributed by atoms with Crippen LogP contribution in [0, 0.1) is 18.8 Å². The van der Waals surface area contributed by atoms with E-state index in [1.807, 2.05) is 57.6 Å². The van der Waals surface area contributed by atoms with E-state index in [9.17, 15) is 14.7 Å². The zero-order valence-corrected chi connectivity index (χ0v) is 49.3. The summed E-state index contributed by atoms with van der Waals surface area (Å²) in [5, 5.41) is 25.5. The predicted molar refractivity (Wildman–Crippen MR) is 322 cm³/mol. The molecule has 3 N–H and O–H groups in total. The van der Waals surface area contributed by atoms with Gasteiger partial charge in [-0.1, -0.05) is 68.4 Å². The number of phenolic OH excluding ortho intramolecular Hbond substituents is 1. The number of fused-ring (bicyclic) bond motifs is 6. The Morgan fingerprint density at radius 3 is 2.40 bits per heavy atom. The van der Waals surface area contributed by atoms with E-state index in [4.69, 9.17) is 24.2 Å². The molecule has 2 bridgehead atoms. The van der Waals surface area contributed by atoms with Crippen molar-refractivity contribution in [1.29, 1.82) is 0 Å². The van der Waals surface area contributed by atoms with Crippen molar-refractivity contribution >= 4 is 56.5 Å². The number of carbonyl (C=O) groups excluding carboxylic acids is 2. The molecule has 6 aliphatic rings. The van der Waals surface area contributed by atoms with Crippen molar-refractivity contribution < 1.29 is 24.0 Å². The van der Waals surface area contributed by atoms with Crippen molar-refractivity contribution in [3.8, 4) is 33.5 Å². The molecule has 5 fully saturated rings. The third-order valence-corrected chi connectivity index (χ3v) is 20.4. The van der Waals surface area contributed by atoms with Crippen LogP contribution in [-0.2, 0) is 9.59 Å². The first-order valence-electron chi connectivity index (χ1n) is 30.1. The maximum Gasteiger partial charge on any atom is 0.319 e. The van der Waals surface area contributed by atoms with Crippen molar-refractivity contribution in [3.63, 3.8) is 0 Å². The molecule has 5 aliphatic heterocycles. The number of nitrogens with one attached hydrogen (secondary N) is 2. The minimum absolute atomic E-state index is 0.00972. The minimum Gasteiger partial charge on any atom is -0.508 e. The van der Waals surface area contributed by atoms with Crippen LogP contribution >= 0.6 is 11.3 Å². The van der Waals surface area contributed by atoms with E-state index in [0.717, 1.165) is 150 Å². The van der Waals surface area contributed by atoms with Crippen LogP contribution in [0.25, 0.3) is 43.4 Å². The maximum absolute atomic E-state index is 14.5. The minimum atomic E-state index is -0.551. The standard InChI is InChI=1S/C64H78N12O5S/c1-37(2)54(62(79)76-21-9-12-51(76)61(78)67-39(4)41-13-15-42(16-14-41)59-40(5)66-36-82-59)52-32-53(71-81-52)73-24-26-75(27-25-73)64(6,7)44-19-22-72(23-20-44)28-29-80-63-69-58-50(60(70-63)74-34-45-17-18-46(35-74)68-45)33-65-57-49-31-47(77)30-43-10-8-11-48(56(43)49)38(3)55(57)58/h8,10-11,13-16,30-33,36-39,44-46,51,54,68,77H,9,12,17-29,34-35H2,1-7H3,(H,67,78)/t38?,39-,45?,46?,51-,54+/m0/s1. The number of likely N-dealkylation sites (tertiary alicyclic amines) is 2. The van der Waals surface area contributed by atoms with Gasteiger partial charge in [-0.3, -0.25) is 24.4 Å². The van der Waals surface area contributed by atoms with Crippen LogP contribution in [0.2, 0.25) is 0 Å². The van der Waals surface area contributed by atoms with Crippen LogP contribution in [0.3, 0.4) is 0 Å². The molecule has 0 radical (unpaired) electrons. The Labute approximate surface area is 484 Å². The van der Waals surface area contributed by atoms with E-state index in [0.29, 0.717) is 49.3 Å². The van der Waals surface area contributed by atoms with Crippen molar-refractivity contribution in [3.05, 3.63) is 101 Å². The van der Waals surface area contributed by atoms with Gasteiger partial charge in [0.25, 0.3) is 0 Å². The van der Waals surface area contributed by atoms with Gasteiger partial charge >= 0.3 is 6.01 Å². The lowest BCUT2D eigenvalue weighted by Crippen LogP contribution is -2.59. The number of piperazine rings is 2. The van der Waals surface area contributed by atoms with Gasteiger partial charge in [0.15, 0.2) is 11.6 Å². The third-order valence-electron chi connectivity index (χ3n) is 19.4. The number of nitrogens with zero attached hydrogens (tertiary/aromatic N) is 10. The fraction of sp³-hybridized carbons (Fsp3) is 0.516. The number of amides is 2. The SMILES string of the molecule is Cc1ncsc1-c1ccc([C@H](C)NC(=O)[C@@H]2CCCN2C(=O)[C@@H](c2cc(N3CCN(C(C)(C)C4CCN(CCOc5nc(N6CC7CCC(C6)N7)c6cnc7c(c6n5)C(C)c5cccc6cc(O)cc-7c56)CC4)CC3)no2)C(C)C)cc1. The van der Waals surface area contributed by atoms with Crippen molar-refractivity contribution in [2.75, 3.05) is 81.9 Å². The summed E-state index contributed by atoms with van der Waals surface area (Å²) >= 11 is 1.62. The number of carbonyl (C=O) groups is 2. The number of phenols is 1. The Balaban J connectivity index is 0.616. The van der Waals surface area contributed by atoms with Crippen LogP contribution in [0.15, 0.2) is 76.9 Å². The number of ether oxygens (including phenoxy) is 1. The molecule has 17 nitrogen and oxygen atoms in total. The van der Waals surface area contributed by atoms with E-state index in [2.05, 4.69) is 104 Å². The second kappa shape index (κ2) is 22.1. The zero-order valence-electron chi connectivity index (χ0n) is 48.5. The van der Waals surface area contributed by atoms with Gasteiger partial charge in [-0.25, -0.2) is 4.98 Å². The number of piperidine rings is 1. The normalized spacial score (nSPS) is 22.3. The lowest BCUT2D eigenvalue weighted by molar-refractivity contribution is -0.141. The van der Waals surface area contributed by atoms with Gasteiger partial charge in [0, 0.05) is 99.3 Å². The summed E-state index contributed by atoms with van der Waals surface area (Å²) in [5.41, 5.74) is 9.94. The average Bonchev–Trinajstić information content (AvgIpc) is 4.29. The molecular weight excluding hydrogens is 1050 g/mol. The van der Waals surface area contributed by atoms with Crippen LogP contribution in [0.1, 0.15) is 126 Å². The summed E-state index contributed by atoms with van der Waals surface area (Å²) in [6.45, 7) is 24.2. The summed E-state index contributed by atoms with van der Waals surface area (Å²) in [5.74, 6) is 2.20. The molecule has 4 aromatic heterocycles. The van der Waals surface area contributed by atoms with Crippen molar-refractivity contribution in [1.82, 2.24) is 50.4 Å². The number of pyridine rings is 1. The highest BCUT2D eigenvalue weighted by Gasteiger charge is 2.43. The number of hydrogen-bond acceptors (Lipinski definition) is 16. The molecule has 3 aromatic carbocycles. The molecule has 18 heteroatoms. The molecule has 7 aromatic rings. The van der Waals surface area contributed by atoms with Gasteiger partial charge in [-0.05, 0) is 131 Å². The Morgan fingerprint density at radius 1 is 0.902 bits per heavy atom. The molecular formula is C64H78N12O5S. The van der Waals surface area contributed by atoms with Gasteiger partial charge in [0.05, 0.1) is 38.7 Å². The fourth-order valence-electron chi connectivity index (χ4n) is 14.7. The predicted octanol–water partition coefficient (Wildman–Crippen LogP) is 9.68. The summed E-state index contributed by atoms with van der Waals surface area (Å²) < 4.78 is 12.7. The topological polar surface area (TPSA) is 181 Å². The van der Waals surface area contributed by atoms with Crippen LogP contribution in [0.4, 0.5) is 11.6 Å². The number of thiazole rings is 1. The molecule has 0 spiro atoms. The first kappa shape index (κ1) is 54.5. The Morgan fingerprint density at radius 2 is 1.67 bits per heavy atom. The molecule has 3 unspecified atom stereocenters. The van der Waals surface area contributed by atoms with Gasteiger partial charge < -0.3 is 39.7 Å². The highest BCUT2D eigenvalue weighted by Crippen LogP contribution is 2.49. The number of aromatic hydroxyl groups is 1. The molecule has 2 amide bonds.